The van der Waals surface area contributed by atoms with Gasteiger partial charge in [0, 0.05) is 24.8 Å². The van der Waals surface area contributed by atoms with Crippen LogP contribution in [-0.4, -0.2) is 13.1 Å². The highest BCUT2D eigenvalue weighted by atomic mass is 15.1. The number of benzene rings is 1. The van der Waals surface area contributed by atoms with Gasteiger partial charge in [0.15, 0.2) is 0 Å². The lowest BCUT2D eigenvalue weighted by atomic mass is 10.0. The molecule has 0 spiro atoms. The molecule has 1 aromatic rings. The second-order valence-corrected chi connectivity index (χ2v) is 5.20. The average molecular weight is 216 g/mol. The molecule has 2 heteroatoms. The Morgan fingerprint density at radius 1 is 1.19 bits per heavy atom. The maximum Gasteiger partial charge on any atom is 0.0414 e. The summed E-state index contributed by atoms with van der Waals surface area (Å²) in [6.45, 7) is 2.42. The van der Waals surface area contributed by atoms with Crippen molar-refractivity contribution in [3.05, 3.63) is 29.8 Å². The molecule has 0 aromatic heterocycles. The summed E-state index contributed by atoms with van der Waals surface area (Å²) < 4.78 is 0. The van der Waals surface area contributed by atoms with E-state index in [1.807, 2.05) is 0 Å². The molecule has 2 aliphatic rings. The van der Waals surface area contributed by atoms with E-state index in [2.05, 4.69) is 29.2 Å². The van der Waals surface area contributed by atoms with Crippen LogP contribution in [0.5, 0.6) is 0 Å². The summed E-state index contributed by atoms with van der Waals surface area (Å²) in [5.41, 5.74) is 8.96. The Bertz CT molecular complexity index is 371. The molecule has 1 fully saturated rings. The molecule has 1 heterocycles. The maximum atomic E-state index is 6.23. The van der Waals surface area contributed by atoms with Gasteiger partial charge in [-0.2, -0.15) is 0 Å². The zero-order valence-electron chi connectivity index (χ0n) is 9.73. The van der Waals surface area contributed by atoms with Gasteiger partial charge in [-0.1, -0.05) is 18.2 Å². The van der Waals surface area contributed by atoms with Gasteiger partial charge in [-0.05, 0) is 43.2 Å². The van der Waals surface area contributed by atoms with Crippen LogP contribution in [0.25, 0.3) is 0 Å². The molecule has 1 aromatic carbocycles. The molecule has 1 aliphatic carbocycles. The fraction of sp³-hybridized carbons (Fsp3) is 0.571. The minimum absolute atomic E-state index is 0.236. The summed E-state index contributed by atoms with van der Waals surface area (Å²) in [6.07, 6.45) is 5.19. The molecule has 2 nitrogen and oxygen atoms in total. The molecule has 1 saturated carbocycles. The van der Waals surface area contributed by atoms with Gasteiger partial charge in [-0.15, -0.1) is 0 Å². The fourth-order valence-electron chi connectivity index (χ4n) is 2.67. The normalized spacial score (nSPS) is 25.1. The number of nitrogens with two attached hydrogens (primary N) is 1. The summed E-state index contributed by atoms with van der Waals surface area (Å²) in [4.78, 5) is 2.56. The van der Waals surface area contributed by atoms with E-state index in [9.17, 15) is 0 Å². The third kappa shape index (κ3) is 1.94. The first-order valence-corrected chi connectivity index (χ1v) is 6.44. The Morgan fingerprint density at radius 2 is 2.00 bits per heavy atom. The number of para-hydroxylation sites is 1. The average Bonchev–Trinajstić information content (AvgIpc) is 3.11. The number of nitrogens with zero attached hydrogens (tertiary/aromatic N) is 1. The number of hydrogen-bond acceptors (Lipinski definition) is 2. The molecule has 0 amide bonds. The van der Waals surface area contributed by atoms with Crippen LogP contribution >= 0.6 is 0 Å². The van der Waals surface area contributed by atoms with Crippen LogP contribution in [0, 0.1) is 5.92 Å². The largest absolute Gasteiger partial charge is 0.371 e. The molecule has 0 saturated heterocycles. The summed E-state index contributed by atoms with van der Waals surface area (Å²) in [5, 5.41) is 0. The van der Waals surface area contributed by atoms with E-state index in [0.29, 0.717) is 0 Å². The summed E-state index contributed by atoms with van der Waals surface area (Å²) in [7, 11) is 0. The zero-order valence-corrected chi connectivity index (χ0v) is 9.73. The number of hydrogen-bond donors (Lipinski definition) is 1. The van der Waals surface area contributed by atoms with Gasteiger partial charge in [-0.3, -0.25) is 0 Å². The van der Waals surface area contributed by atoms with E-state index in [-0.39, 0.29) is 6.04 Å². The molecule has 2 N–H and O–H groups in total. The minimum Gasteiger partial charge on any atom is -0.371 e. The lowest BCUT2D eigenvalue weighted by molar-refractivity contribution is 0.620. The Kier molecular flexibility index (Phi) is 2.60. The highest BCUT2D eigenvalue weighted by molar-refractivity contribution is 5.55. The second kappa shape index (κ2) is 4.10. The van der Waals surface area contributed by atoms with Crippen LogP contribution in [0.15, 0.2) is 24.3 Å². The molecule has 1 atom stereocenters. The molecular formula is C14H20N2. The van der Waals surface area contributed by atoms with Crippen molar-refractivity contribution in [2.75, 3.05) is 18.0 Å². The van der Waals surface area contributed by atoms with Gasteiger partial charge in [0.2, 0.25) is 0 Å². The SMILES string of the molecule is NC1CCCN(CC2CC2)c2ccccc21. The third-order valence-corrected chi connectivity index (χ3v) is 3.80. The van der Waals surface area contributed by atoms with Crippen molar-refractivity contribution in [1.82, 2.24) is 0 Å². The van der Waals surface area contributed by atoms with Gasteiger partial charge in [-0.25, -0.2) is 0 Å². The third-order valence-electron chi connectivity index (χ3n) is 3.80. The molecule has 3 rings (SSSR count). The van der Waals surface area contributed by atoms with Crippen LogP contribution in [-0.2, 0) is 0 Å². The Labute approximate surface area is 97.4 Å². The van der Waals surface area contributed by atoms with Crippen molar-refractivity contribution in [3.63, 3.8) is 0 Å². The van der Waals surface area contributed by atoms with Gasteiger partial charge < -0.3 is 10.6 Å². The van der Waals surface area contributed by atoms with E-state index >= 15 is 0 Å². The lowest BCUT2D eigenvalue weighted by Crippen LogP contribution is -2.26. The first kappa shape index (κ1) is 10.2. The quantitative estimate of drug-likeness (QED) is 0.823. The predicted molar refractivity (Wildman–Crippen MR) is 67.5 cm³/mol. The molecule has 86 valence electrons. The van der Waals surface area contributed by atoms with Crippen LogP contribution in [0.3, 0.4) is 0 Å². The summed E-state index contributed by atoms with van der Waals surface area (Å²) in [6, 6.07) is 8.92. The van der Waals surface area contributed by atoms with Crippen LogP contribution < -0.4 is 10.6 Å². The first-order valence-electron chi connectivity index (χ1n) is 6.44. The molecule has 1 aliphatic heterocycles. The molecule has 16 heavy (non-hydrogen) atoms. The van der Waals surface area contributed by atoms with Crippen molar-refractivity contribution in [3.8, 4) is 0 Å². The standard InChI is InChI=1S/C14H20N2/c15-13-5-3-9-16(10-11-7-8-11)14-6-2-1-4-12(13)14/h1-2,4,6,11,13H,3,5,7-10,15H2. The lowest BCUT2D eigenvalue weighted by Gasteiger charge is -2.25. The second-order valence-electron chi connectivity index (χ2n) is 5.20. The molecule has 1 unspecified atom stereocenters. The van der Waals surface area contributed by atoms with Gasteiger partial charge in [0.25, 0.3) is 0 Å². The van der Waals surface area contributed by atoms with Crippen molar-refractivity contribution >= 4 is 5.69 Å². The molecular weight excluding hydrogens is 196 g/mol. The van der Waals surface area contributed by atoms with Crippen LogP contribution in [0.4, 0.5) is 5.69 Å². The fourth-order valence-corrected chi connectivity index (χ4v) is 2.67. The molecule has 0 bridgehead atoms. The number of rotatable bonds is 2. The number of anilines is 1. The van der Waals surface area contributed by atoms with Crippen molar-refractivity contribution in [1.29, 1.82) is 0 Å². The highest BCUT2D eigenvalue weighted by Gasteiger charge is 2.27. The van der Waals surface area contributed by atoms with E-state index in [4.69, 9.17) is 5.73 Å². The summed E-state index contributed by atoms with van der Waals surface area (Å²) in [5.74, 6) is 0.947. The van der Waals surface area contributed by atoms with E-state index < -0.39 is 0 Å². The smallest absolute Gasteiger partial charge is 0.0414 e. The van der Waals surface area contributed by atoms with Crippen molar-refractivity contribution in [2.24, 2.45) is 11.7 Å². The first-order chi connectivity index (χ1) is 7.84. The Hall–Kier alpha value is -1.02. The van der Waals surface area contributed by atoms with E-state index in [1.54, 1.807) is 0 Å². The van der Waals surface area contributed by atoms with Crippen LogP contribution in [0.2, 0.25) is 0 Å². The Morgan fingerprint density at radius 3 is 2.81 bits per heavy atom. The van der Waals surface area contributed by atoms with Gasteiger partial charge in [0.05, 0.1) is 0 Å². The van der Waals surface area contributed by atoms with Crippen LogP contribution in [0.1, 0.15) is 37.3 Å². The topological polar surface area (TPSA) is 29.3 Å². The maximum absolute atomic E-state index is 6.23. The zero-order chi connectivity index (χ0) is 11.0. The van der Waals surface area contributed by atoms with Gasteiger partial charge >= 0.3 is 0 Å². The Balaban J connectivity index is 1.91. The van der Waals surface area contributed by atoms with Crippen molar-refractivity contribution in [2.45, 2.75) is 31.7 Å². The van der Waals surface area contributed by atoms with E-state index in [0.717, 1.165) is 12.3 Å². The predicted octanol–water partition coefficient (Wildman–Crippen LogP) is 2.70. The van der Waals surface area contributed by atoms with E-state index in [1.165, 1.54) is 43.6 Å². The highest BCUT2D eigenvalue weighted by Crippen LogP contribution is 2.36. The molecule has 0 radical (unpaired) electrons. The minimum atomic E-state index is 0.236. The number of fused-ring (bicyclic) bond motifs is 1. The van der Waals surface area contributed by atoms with Gasteiger partial charge in [0.1, 0.15) is 0 Å². The summed E-state index contributed by atoms with van der Waals surface area (Å²) >= 11 is 0. The van der Waals surface area contributed by atoms with Crippen molar-refractivity contribution < 1.29 is 0 Å². The monoisotopic (exact) mass is 216 g/mol.